The van der Waals surface area contributed by atoms with E-state index < -0.39 is 0 Å². The smallest absolute Gasteiger partial charge is 0.187 e. The molecule has 0 radical (unpaired) electrons. The van der Waals surface area contributed by atoms with Crippen molar-refractivity contribution in [3.8, 4) is 0 Å². The van der Waals surface area contributed by atoms with Crippen LogP contribution in [-0.2, 0) is 6.54 Å². The van der Waals surface area contributed by atoms with Crippen molar-refractivity contribution in [3.63, 3.8) is 0 Å². The maximum absolute atomic E-state index is 5.04. The van der Waals surface area contributed by atoms with Crippen LogP contribution in [0.1, 0.15) is 12.5 Å². The molecule has 0 spiro atoms. The van der Waals surface area contributed by atoms with Crippen molar-refractivity contribution in [1.82, 2.24) is 10.7 Å². The van der Waals surface area contributed by atoms with Gasteiger partial charge < -0.3 is 5.32 Å². The lowest BCUT2D eigenvalue weighted by Crippen LogP contribution is -2.31. The van der Waals surface area contributed by atoms with Crippen LogP contribution in [0.2, 0.25) is 0 Å². The maximum Gasteiger partial charge on any atom is 0.187 e. The summed E-state index contributed by atoms with van der Waals surface area (Å²) in [5.41, 5.74) is 3.91. The van der Waals surface area contributed by atoms with E-state index in [1.54, 1.807) is 6.21 Å². The van der Waals surface area contributed by atoms with E-state index in [-0.39, 0.29) is 0 Å². The molecule has 3 nitrogen and oxygen atoms in total. The molecule has 84 valence electrons. The zero-order valence-corrected chi connectivity index (χ0v) is 10.00. The van der Waals surface area contributed by atoms with Gasteiger partial charge in [0.15, 0.2) is 5.11 Å². The zero-order chi connectivity index (χ0) is 11.6. The fourth-order valence-corrected chi connectivity index (χ4v) is 1.17. The van der Waals surface area contributed by atoms with Crippen LogP contribution in [-0.4, -0.2) is 11.3 Å². The Morgan fingerprint density at radius 3 is 2.81 bits per heavy atom. The number of rotatable bonds is 4. The third-order valence-corrected chi connectivity index (χ3v) is 2.05. The van der Waals surface area contributed by atoms with E-state index in [9.17, 15) is 0 Å². The summed E-state index contributed by atoms with van der Waals surface area (Å²) in [7, 11) is 0. The van der Waals surface area contributed by atoms with Crippen LogP contribution >= 0.6 is 12.2 Å². The summed E-state index contributed by atoms with van der Waals surface area (Å²) in [5, 5.41) is 7.48. The number of thiocarbonyl (C=S) groups is 1. The SMILES string of the molecule is C/C=C/C=N/NC(=S)NCc1ccccc1. The molecule has 0 bridgehead atoms. The minimum atomic E-state index is 0.518. The van der Waals surface area contributed by atoms with Gasteiger partial charge in [0.05, 0.1) is 0 Å². The second kappa shape index (κ2) is 7.59. The van der Waals surface area contributed by atoms with Crippen molar-refractivity contribution >= 4 is 23.5 Å². The van der Waals surface area contributed by atoms with Crippen LogP contribution in [0.5, 0.6) is 0 Å². The summed E-state index contributed by atoms with van der Waals surface area (Å²) in [6.07, 6.45) is 5.37. The van der Waals surface area contributed by atoms with Crippen LogP contribution in [0.3, 0.4) is 0 Å². The minimum absolute atomic E-state index is 0.518. The number of nitrogens with one attached hydrogen (secondary N) is 2. The summed E-state index contributed by atoms with van der Waals surface area (Å²) >= 11 is 5.04. The van der Waals surface area contributed by atoms with Gasteiger partial charge >= 0.3 is 0 Å². The van der Waals surface area contributed by atoms with Gasteiger partial charge in [-0.25, -0.2) is 0 Å². The Morgan fingerprint density at radius 2 is 2.12 bits per heavy atom. The van der Waals surface area contributed by atoms with Crippen LogP contribution in [0.25, 0.3) is 0 Å². The topological polar surface area (TPSA) is 36.4 Å². The molecule has 1 rings (SSSR count). The van der Waals surface area contributed by atoms with Gasteiger partial charge in [-0.2, -0.15) is 5.10 Å². The Morgan fingerprint density at radius 1 is 1.38 bits per heavy atom. The molecule has 0 saturated heterocycles. The average molecular weight is 233 g/mol. The summed E-state index contributed by atoms with van der Waals surface area (Å²) in [6.45, 7) is 2.63. The van der Waals surface area contributed by atoms with Gasteiger partial charge in [-0.15, -0.1) is 0 Å². The van der Waals surface area contributed by atoms with Gasteiger partial charge in [-0.05, 0) is 30.8 Å². The van der Waals surface area contributed by atoms with E-state index in [0.29, 0.717) is 11.7 Å². The molecule has 1 aromatic carbocycles. The van der Waals surface area contributed by atoms with Crippen LogP contribution in [0, 0.1) is 0 Å². The third kappa shape index (κ3) is 5.26. The first-order valence-corrected chi connectivity index (χ1v) is 5.46. The average Bonchev–Trinajstić information content (AvgIpc) is 2.33. The van der Waals surface area contributed by atoms with E-state index in [4.69, 9.17) is 12.2 Å². The van der Waals surface area contributed by atoms with E-state index in [1.165, 1.54) is 5.56 Å². The fraction of sp³-hybridized carbons (Fsp3) is 0.167. The second-order valence-electron chi connectivity index (χ2n) is 3.08. The highest BCUT2D eigenvalue weighted by Gasteiger charge is 1.93. The van der Waals surface area contributed by atoms with E-state index in [1.807, 2.05) is 49.4 Å². The summed E-state index contributed by atoms with van der Waals surface area (Å²) in [4.78, 5) is 0. The first-order valence-electron chi connectivity index (χ1n) is 5.05. The van der Waals surface area contributed by atoms with Crippen molar-refractivity contribution < 1.29 is 0 Å². The largest absolute Gasteiger partial charge is 0.357 e. The van der Waals surface area contributed by atoms with Gasteiger partial charge in [0.1, 0.15) is 0 Å². The number of nitrogens with zero attached hydrogens (tertiary/aromatic N) is 1. The lowest BCUT2D eigenvalue weighted by molar-refractivity contribution is 0.869. The fourth-order valence-electron chi connectivity index (χ4n) is 1.04. The normalized spacial score (nSPS) is 10.8. The predicted octanol–water partition coefficient (Wildman–Crippen LogP) is 2.21. The first kappa shape index (κ1) is 12.4. The van der Waals surface area contributed by atoms with E-state index in [0.717, 1.165) is 0 Å². The van der Waals surface area contributed by atoms with Crippen LogP contribution < -0.4 is 10.7 Å². The van der Waals surface area contributed by atoms with Crippen molar-refractivity contribution in [2.45, 2.75) is 13.5 Å². The number of hydrogen-bond donors (Lipinski definition) is 2. The lowest BCUT2D eigenvalue weighted by atomic mass is 10.2. The van der Waals surface area contributed by atoms with Crippen molar-refractivity contribution in [1.29, 1.82) is 0 Å². The number of hydrogen-bond acceptors (Lipinski definition) is 2. The molecule has 0 aliphatic carbocycles. The van der Waals surface area contributed by atoms with Gasteiger partial charge in [0.2, 0.25) is 0 Å². The lowest BCUT2D eigenvalue weighted by Gasteiger charge is -2.06. The molecule has 1 aromatic rings. The summed E-state index contributed by atoms with van der Waals surface area (Å²) in [5.74, 6) is 0. The Hall–Kier alpha value is -1.68. The van der Waals surface area contributed by atoms with Gasteiger partial charge in [0, 0.05) is 12.8 Å². The molecule has 0 atom stereocenters. The third-order valence-electron chi connectivity index (χ3n) is 1.82. The minimum Gasteiger partial charge on any atom is -0.357 e. The first-order chi connectivity index (χ1) is 7.83. The van der Waals surface area contributed by atoms with Gasteiger partial charge in [0.25, 0.3) is 0 Å². The highest BCUT2D eigenvalue weighted by molar-refractivity contribution is 7.80. The van der Waals surface area contributed by atoms with Gasteiger partial charge in [-0.1, -0.05) is 36.4 Å². The summed E-state index contributed by atoms with van der Waals surface area (Å²) in [6, 6.07) is 10.1. The number of hydrazone groups is 1. The van der Waals surface area contributed by atoms with E-state index >= 15 is 0 Å². The highest BCUT2D eigenvalue weighted by Crippen LogP contribution is 1.96. The van der Waals surface area contributed by atoms with Gasteiger partial charge in [-0.3, -0.25) is 5.43 Å². The quantitative estimate of drug-likeness (QED) is 0.475. The molecule has 0 unspecified atom stereocenters. The number of allylic oxidation sites excluding steroid dienone is 2. The molecular weight excluding hydrogens is 218 g/mol. The van der Waals surface area contributed by atoms with Crippen molar-refractivity contribution in [3.05, 3.63) is 48.0 Å². The molecule has 16 heavy (non-hydrogen) atoms. The Bertz CT molecular complexity index is 371. The highest BCUT2D eigenvalue weighted by atomic mass is 32.1. The molecular formula is C12H15N3S. The maximum atomic E-state index is 5.04. The molecule has 0 heterocycles. The molecule has 0 amide bonds. The number of benzene rings is 1. The van der Waals surface area contributed by atoms with Crippen LogP contribution in [0.4, 0.5) is 0 Å². The van der Waals surface area contributed by atoms with Crippen molar-refractivity contribution in [2.75, 3.05) is 0 Å². The monoisotopic (exact) mass is 233 g/mol. The van der Waals surface area contributed by atoms with Crippen LogP contribution in [0.15, 0.2) is 47.6 Å². The Balaban J connectivity index is 2.25. The molecule has 0 aliphatic rings. The Kier molecular flexibility index (Phi) is 5.88. The molecule has 0 fully saturated rings. The van der Waals surface area contributed by atoms with Crippen molar-refractivity contribution in [2.24, 2.45) is 5.10 Å². The summed E-state index contributed by atoms with van der Waals surface area (Å²) < 4.78 is 0. The molecule has 0 saturated carbocycles. The second-order valence-corrected chi connectivity index (χ2v) is 3.49. The molecule has 0 aromatic heterocycles. The zero-order valence-electron chi connectivity index (χ0n) is 9.18. The molecule has 0 aliphatic heterocycles. The standard InChI is InChI=1S/C12H15N3S/c1-2-3-9-14-15-12(16)13-10-11-7-5-4-6-8-11/h2-9H,10H2,1H3,(H2,13,15,16)/b3-2+,14-9+. The predicted molar refractivity (Wildman–Crippen MR) is 72.3 cm³/mol. The Labute approximate surface area is 101 Å². The molecule has 4 heteroatoms. The van der Waals surface area contributed by atoms with E-state index in [2.05, 4.69) is 15.8 Å². The molecule has 2 N–H and O–H groups in total.